The standard InChI is InChI=1S/C12H13ClN4O2/c1-2-19-12-15-11(16-17-12)14-10(18)7-8-5-3-4-6-9(8)13/h3-6H,2,7H2,1H3,(H2,14,15,16,17,18). The average Bonchev–Trinajstić information content (AvgIpc) is 2.80. The molecule has 6 nitrogen and oxygen atoms in total. The molecule has 0 bridgehead atoms. The minimum Gasteiger partial charge on any atom is -0.463 e. The van der Waals surface area contributed by atoms with Crippen molar-refractivity contribution in [2.24, 2.45) is 0 Å². The van der Waals surface area contributed by atoms with Crippen LogP contribution in [0.3, 0.4) is 0 Å². The number of ether oxygens (including phenoxy) is 1. The second-order valence-electron chi connectivity index (χ2n) is 3.72. The van der Waals surface area contributed by atoms with Gasteiger partial charge in [0.25, 0.3) is 0 Å². The number of aromatic amines is 1. The maximum atomic E-state index is 11.8. The molecule has 19 heavy (non-hydrogen) atoms. The van der Waals surface area contributed by atoms with Gasteiger partial charge in [0.05, 0.1) is 13.0 Å². The van der Waals surface area contributed by atoms with Gasteiger partial charge in [-0.05, 0) is 18.6 Å². The highest BCUT2D eigenvalue weighted by atomic mass is 35.5. The van der Waals surface area contributed by atoms with E-state index in [0.29, 0.717) is 11.6 Å². The molecular formula is C12H13ClN4O2. The number of benzene rings is 1. The van der Waals surface area contributed by atoms with Crippen LogP contribution in [-0.2, 0) is 11.2 Å². The number of carbonyl (C=O) groups is 1. The molecule has 0 saturated carbocycles. The van der Waals surface area contributed by atoms with Crippen LogP contribution in [0.15, 0.2) is 24.3 Å². The summed E-state index contributed by atoms with van der Waals surface area (Å²) in [7, 11) is 0. The lowest BCUT2D eigenvalue weighted by Gasteiger charge is -2.03. The minimum atomic E-state index is -0.229. The number of H-pyrrole nitrogens is 1. The highest BCUT2D eigenvalue weighted by Gasteiger charge is 2.10. The Morgan fingerprint density at radius 3 is 3.00 bits per heavy atom. The summed E-state index contributed by atoms with van der Waals surface area (Å²) in [5.74, 6) is 0.0211. The summed E-state index contributed by atoms with van der Waals surface area (Å²) in [6.07, 6.45) is 0.171. The van der Waals surface area contributed by atoms with Gasteiger partial charge >= 0.3 is 6.01 Å². The number of amides is 1. The van der Waals surface area contributed by atoms with Crippen molar-refractivity contribution in [3.8, 4) is 6.01 Å². The van der Waals surface area contributed by atoms with Crippen molar-refractivity contribution in [2.75, 3.05) is 11.9 Å². The number of halogens is 1. The lowest BCUT2D eigenvalue weighted by Crippen LogP contribution is -2.15. The van der Waals surface area contributed by atoms with Gasteiger partial charge in [-0.1, -0.05) is 29.8 Å². The Morgan fingerprint density at radius 1 is 1.47 bits per heavy atom. The molecule has 100 valence electrons. The van der Waals surface area contributed by atoms with E-state index in [4.69, 9.17) is 16.3 Å². The van der Waals surface area contributed by atoms with E-state index in [1.165, 1.54) is 0 Å². The number of nitrogens with zero attached hydrogens (tertiary/aromatic N) is 2. The minimum absolute atomic E-state index is 0.171. The van der Waals surface area contributed by atoms with Crippen LogP contribution in [0.1, 0.15) is 12.5 Å². The number of hydrogen-bond donors (Lipinski definition) is 2. The van der Waals surface area contributed by atoms with Gasteiger partial charge in [-0.15, -0.1) is 5.10 Å². The maximum Gasteiger partial charge on any atom is 0.337 e. The quantitative estimate of drug-likeness (QED) is 0.878. The van der Waals surface area contributed by atoms with Crippen molar-refractivity contribution >= 4 is 23.5 Å². The van der Waals surface area contributed by atoms with E-state index in [2.05, 4.69) is 20.5 Å². The van der Waals surface area contributed by atoms with Gasteiger partial charge in [-0.2, -0.15) is 4.98 Å². The molecule has 0 aliphatic carbocycles. The van der Waals surface area contributed by atoms with Crippen molar-refractivity contribution in [1.29, 1.82) is 0 Å². The molecule has 1 amide bonds. The van der Waals surface area contributed by atoms with Gasteiger partial charge in [0.2, 0.25) is 11.9 Å². The number of carbonyl (C=O) groups excluding carboxylic acids is 1. The second kappa shape index (κ2) is 6.19. The van der Waals surface area contributed by atoms with Gasteiger partial charge in [0.15, 0.2) is 0 Å². The molecule has 1 aromatic heterocycles. The summed E-state index contributed by atoms with van der Waals surface area (Å²) >= 11 is 5.98. The average molecular weight is 281 g/mol. The van der Waals surface area contributed by atoms with E-state index >= 15 is 0 Å². The zero-order valence-electron chi connectivity index (χ0n) is 10.3. The zero-order chi connectivity index (χ0) is 13.7. The Hall–Kier alpha value is -2.08. The summed E-state index contributed by atoms with van der Waals surface area (Å²) in [5.41, 5.74) is 0.756. The van der Waals surface area contributed by atoms with Crippen molar-refractivity contribution in [1.82, 2.24) is 15.2 Å². The molecule has 1 heterocycles. The summed E-state index contributed by atoms with van der Waals surface area (Å²) in [5, 5.41) is 9.51. The topological polar surface area (TPSA) is 79.9 Å². The normalized spacial score (nSPS) is 10.2. The number of rotatable bonds is 5. The molecule has 7 heteroatoms. The fraction of sp³-hybridized carbons (Fsp3) is 0.250. The van der Waals surface area contributed by atoms with Gasteiger partial charge < -0.3 is 4.74 Å². The van der Waals surface area contributed by atoms with Crippen LogP contribution < -0.4 is 10.1 Å². The Bertz CT molecular complexity index is 570. The third-order valence-corrected chi connectivity index (χ3v) is 2.67. The molecule has 2 N–H and O–H groups in total. The predicted molar refractivity (Wildman–Crippen MR) is 71.3 cm³/mol. The second-order valence-corrected chi connectivity index (χ2v) is 4.12. The third-order valence-electron chi connectivity index (χ3n) is 2.30. The molecule has 1 aromatic carbocycles. The predicted octanol–water partition coefficient (Wildman–Crippen LogP) is 2.04. The largest absolute Gasteiger partial charge is 0.463 e. The summed E-state index contributed by atoms with van der Waals surface area (Å²) < 4.78 is 5.08. The van der Waals surface area contributed by atoms with E-state index in [-0.39, 0.29) is 24.3 Å². The van der Waals surface area contributed by atoms with Crippen LogP contribution in [-0.4, -0.2) is 27.7 Å². The third kappa shape index (κ3) is 3.69. The van der Waals surface area contributed by atoms with Crippen LogP contribution in [0.5, 0.6) is 6.01 Å². The van der Waals surface area contributed by atoms with E-state index in [9.17, 15) is 4.79 Å². The number of anilines is 1. The molecule has 0 fully saturated rings. The number of nitrogens with one attached hydrogen (secondary N) is 2. The molecule has 2 aromatic rings. The summed E-state index contributed by atoms with van der Waals surface area (Å²) in [4.78, 5) is 15.8. The molecule has 0 atom stereocenters. The van der Waals surface area contributed by atoms with Crippen molar-refractivity contribution in [3.05, 3.63) is 34.9 Å². The van der Waals surface area contributed by atoms with Crippen LogP contribution in [0.4, 0.5) is 5.95 Å². The molecule has 0 aliphatic rings. The number of aromatic nitrogens is 3. The Labute approximate surface area is 115 Å². The lowest BCUT2D eigenvalue weighted by atomic mass is 10.1. The Kier molecular flexibility index (Phi) is 4.35. The van der Waals surface area contributed by atoms with E-state index in [0.717, 1.165) is 5.56 Å². The molecule has 0 radical (unpaired) electrons. The molecular weight excluding hydrogens is 268 g/mol. The first-order valence-corrected chi connectivity index (χ1v) is 6.15. The van der Waals surface area contributed by atoms with Crippen LogP contribution in [0.25, 0.3) is 0 Å². The maximum absolute atomic E-state index is 11.8. The molecule has 0 spiro atoms. The summed E-state index contributed by atoms with van der Waals surface area (Å²) in [6.45, 7) is 2.29. The molecule has 0 aliphatic heterocycles. The van der Waals surface area contributed by atoms with Crippen LogP contribution >= 0.6 is 11.6 Å². The smallest absolute Gasteiger partial charge is 0.337 e. The fourth-order valence-electron chi connectivity index (χ4n) is 1.49. The van der Waals surface area contributed by atoms with Crippen LogP contribution in [0, 0.1) is 0 Å². The Morgan fingerprint density at radius 2 is 2.26 bits per heavy atom. The van der Waals surface area contributed by atoms with E-state index < -0.39 is 0 Å². The lowest BCUT2D eigenvalue weighted by molar-refractivity contribution is -0.115. The molecule has 2 rings (SSSR count). The summed E-state index contributed by atoms with van der Waals surface area (Å²) in [6, 6.07) is 7.39. The van der Waals surface area contributed by atoms with Crippen molar-refractivity contribution in [2.45, 2.75) is 13.3 Å². The van der Waals surface area contributed by atoms with Crippen LogP contribution in [0.2, 0.25) is 5.02 Å². The van der Waals surface area contributed by atoms with Gasteiger partial charge in [-0.3, -0.25) is 10.1 Å². The first kappa shape index (κ1) is 13.4. The van der Waals surface area contributed by atoms with Crippen molar-refractivity contribution in [3.63, 3.8) is 0 Å². The first-order valence-electron chi connectivity index (χ1n) is 5.77. The monoisotopic (exact) mass is 280 g/mol. The molecule has 0 unspecified atom stereocenters. The Balaban J connectivity index is 1.95. The van der Waals surface area contributed by atoms with Crippen molar-refractivity contribution < 1.29 is 9.53 Å². The van der Waals surface area contributed by atoms with E-state index in [1.54, 1.807) is 12.1 Å². The van der Waals surface area contributed by atoms with Gasteiger partial charge in [0.1, 0.15) is 0 Å². The first-order chi connectivity index (χ1) is 9.19. The zero-order valence-corrected chi connectivity index (χ0v) is 11.1. The van der Waals surface area contributed by atoms with Gasteiger partial charge in [-0.25, -0.2) is 5.10 Å². The van der Waals surface area contributed by atoms with Gasteiger partial charge in [0, 0.05) is 5.02 Å². The highest BCUT2D eigenvalue weighted by Crippen LogP contribution is 2.16. The molecule has 0 saturated heterocycles. The fourth-order valence-corrected chi connectivity index (χ4v) is 1.69. The SMILES string of the molecule is CCOc1n[nH]c(NC(=O)Cc2ccccc2Cl)n1. The van der Waals surface area contributed by atoms with E-state index in [1.807, 2.05) is 19.1 Å². The number of hydrogen-bond acceptors (Lipinski definition) is 4. The highest BCUT2D eigenvalue weighted by molar-refractivity contribution is 6.31.